The van der Waals surface area contributed by atoms with Crippen LogP contribution in [0.1, 0.15) is 63.1 Å². The highest BCUT2D eigenvalue weighted by Crippen LogP contribution is 2.40. The minimum atomic E-state index is -0.234. The van der Waals surface area contributed by atoms with Crippen LogP contribution >= 0.6 is 0 Å². The highest BCUT2D eigenvalue weighted by molar-refractivity contribution is 5.87. The molecule has 0 amide bonds. The molecule has 3 aromatic rings. The Labute approximate surface area is 238 Å². The molecule has 0 spiro atoms. The Morgan fingerprint density at radius 2 is 1.62 bits per heavy atom. The van der Waals surface area contributed by atoms with Crippen LogP contribution in [0, 0.1) is 19.7 Å². The number of halogens is 1. The Morgan fingerprint density at radius 1 is 0.975 bits per heavy atom. The number of aryl methyl sites for hydroxylation is 2. The van der Waals surface area contributed by atoms with Gasteiger partial charge in [-0.05, 0) is 89.8 Å². The van der Waals surface area contributed by atoms with Crippen molar-refractivity contribution in [1.29, 1.82) is 0 Å². The average molecular weight is 545 g/mol. The number of hydrogen-bond acceptors (Lipinski definition) is 5. The Bertz CT molecular complexity index is 1350. The fourth-order valence-corrected chi connectivity index (χ4v) is 5.38. The summed E-state index contributed by atoms with van der Waals surface area (Å²) in [5, 5.41) is 0. The molecule has 0 atom stereocenters. The molecule has 2 heterocycles. The van der Waals surface area contributed by atoms with Crippen LogP contribution in [0.2, 0.25) is 0 Å². The van der Waals surface area contributed by atoms with Gasteiger partial charge >= 0.3 is 5.97 Å². The van der Waals surface area contributed by atoms with Crippen molar-refractivity contribution < 1.29 is 18.7 Å². The van der Waals surface area contributed by atoms with Crippen LogP contribution in [-0.2, 0) is 22.4 Å². The molecule has 0 unspecified atom stereocenters. The third kappa shape index (κ3) is 7.29. The predicted octanol–water partition coefficient (Wildman–Crippen LogP) is 7.56. The summed E-state index contributed by atoms with van der Waals surface area (Å²) in [7, 11) is 0. The van der Waals surface area contributed by atoms with Crippen LogP contribution in [0.15, 0.2) is 59.7 Å². The van der Waals surface area contributed by atoms with Crippen LogP contribution in [0.5, 0.6) is 5.75 Å². The number of aromatic nitrogens is 1. The summed E-state index contributed by atoms with van der Waals surface area (Å²) in [6, 6.07) is 14.6. The number of anilines is 1. The van der Waals surface area contributed by atoms with Crippen molar-refractivity contribution in [3.05, 3.63) is 88.0 Å². The van der Waals surface area contributed by atoms with E-state index in [9.17, 15) is 9.18 Å². The van der Waals surface area contributed by atoms with E-state index in [0.29, 0.717) is 13.0 Å². The molecule has 2 aromatic carbocycles. The summed E-state index contributed by atoms with van der Waals surface area (Å²) in [6.45, 7) is 14.5. The van der Waals surface area contributed by atoms with Gasteiger partial charge in [-0.25, -0.2) is 4.39 Å². The Hall–Kier alpha value is -3.67. The standard InChI is InChI=1S/C34H41FN2O3/c1-22(2)27-15-18-37(19-16-27)34-31(21-32(38)40-23(3)4)24(5)36-25(6)33(34)28-9-13-30(14-10-28)39-20-17-26-7-11-29(35)12-8-26/h7-14,23H,15-21H2,1-6H3. The van der Waals surface area contributed by atoms with Gasteiger partial charge in [0.05, 0.1) is 24.8 Å². The van der Waals surface area contributed by atoms with Crippen molar-refractivity contribution in [2.45, 2.75) is 73.3 Å². The molecule has 1 aliphatic heterocycles. The fourth-order valence-electron chi connectivity index (χ4n) is 5.38. The second kappa shape index (κ2) is 13.1. The fraction of sp³-hybridized carbons (Fsp3) is 0.412. The quantitative estimate of drug-likeness (QED) is 0.206. The SMILES string of the molecule is CC(C)=C1CCN(c2c(CC(=O)OC(C)C)c(C)nc(C)c2-c2ccc(OCCc3ccc(F)cc3)cc2)CC1. The molecule has 4 rings (SSSR count). The minimum absolute atomic E-state index is 0.167. The molecule has 1 aliphatic rings. The third-order valence-corrected chi connectivity index (χ3v) is 7.45. The maximum Gasteiger partial charge on any atom is 0.310 e. The maximum absolute atomic E-state index is 13.2. The van der Waals surface area contributed by atoms with Gasteiger partial charge in [-0.15, -0.1) is 0 Å². The first-order chi connectivity index (χ1) is 19.1. The lowest BCUT2D eigenvalue weighted by molar-refractivity contribution is -0.146. The van der Waals surface area contributed by atoms with E-state index in [1.807, 2.05) is 39.8 Å². The van der Waals surface area contributed by atoms with Crippen LogP contribution in [0.25, 0.3) is 11.1 Å². The molecule has 1 saturated heterocycles. The maximum atomic E-state index is 13.2. The zero-order valence-electron chi connectivity index (χ0n) is 24.6. The molecule has 6 heteroatoms. The number of piperidine rings is 1. The molecular weight excluding hydrogens is 503 g/mol. The van der Waals surface area contributed by atoms with E-state index in [1.165, 1.54) is 23.3 Å². The first kappa shape index (κ1) is 29.3. The van der Waals surface area contributed by atoms with Gasteiger partial charge in [-0.1, -0.05) is 35.4 Å². The number of esters is 1. The number of benzene rings is 2. The van der Waals surface area contributed by atoms with E-state index in [2.05, 4.69) is 30.9 Å². The van der Waals surface area contributed by atoms with E-state index in [1.54, 1.807) is 12.1 Å². The van der Waals surface area contributed by atoms with E-state index < -0.39 is 0 Å². The number of carbonyl (C=O) groups is 1. The van der Waals surface area contributed by atoms with Gasteiger partial charge in [0.1, 0.15) is 11.6 Å². The van der Waals surface area contributed by atoms with Crippen molar-refractivity contribution in [1.82, 2.24) is 4.98 Å². The summed E-state index contributed by atoms with van der Waals surface area (Å²) in [6.07, 6.45) is 2.75. The Balaban J connectivity index is 1.63. The molecule has 0 bridgehead atoms. The zero-order chi connectivity index (χ0) is 28.8. The van der Waals surface area contributed by atoms with Crippen molar-refractivity contribution in [2.75, 3.05) is 24.6 Å². The zero-order valence-corrected chi connectivity index (χ0v) is 24.6. The molecule has 5 nitrogen and oxygen atoms in total. The van der Waals surface area contributed by atoms with E-state index in [-0.39, 0.29) is 24.3 Å². The largest absolute Gasteiger partial charge is 0.493 e. The van der Waals surface area contributed by atoms with Gasteiger partial charge in [-0.3, -0.25) is 9.78 Å². The van der Waals surface area contributed by atoms with Gasteiger partial charge in [0, 0.05) is 42.0 Å². The number of ether oxygens (including phenoxy) is 2. The smallest absolute Gasteiger partial charge is 0.310 e. The molecule has 0 N–H and O–H groups in total. The number of pyridine rings is 1. The number of carbonyl (C=O) groups excluding carboxylic acids is 1. The van der Waals surface area contributed by atoms with E-state index in [4.69, 9.17) is 14.5 Å². The highest BCUT2D eigenvalue weighted by atomic mass is 19.1. The van der Waals surface area contributed by atoms with Crippen LogP contribution in [0.3, 0.4) is 0 Å². The van der Waals surface area contributed by atoms with Crippen LogP contribution in [-0.4, -0.2) is 36.8 Å². The van der Waals surface area contributed by atoms with Gasteiger partial charge in [0.2, 0.25) is 0 Å². The summed E-state index contributed by atoms with van der Waals surface area (Å²) in [5.41, 5.74) is 9.87. The van der Waals surface area contributed by atoms with Crippen LogP contribution in [0.4, 0.5) is 10.1 Å². The van der Waals surface area contributed by atoms with Crippen molar-refractivity contribution in [3.63, 3.8) is 0 Å². The number of rotatable bonds is 9. The van der Waals surface area contributed by atoms with Crippen molar-refractivity contribution in [2.24, 2.45) is 0 Å². The lowest BCUT2D eigenvalue weighted by Gasteiger charge is -2.35. The summed E-state index contributed by atoms with van der Waals surface area (Å²) in [5.74, 6) is 0.308. The lowest BCUT2D eigenvalue weighted by atomic mass is 9.92. The highest BCUT2D eigenvalue weighted by Gasteiger charge is 2.26. The molecule has 0 aliphatic carbocycles. The Morgan fingerprint density at radius 3 is 2.23 bits per heavy atom. The lowest BCUT2D eigenvalue weighted by Crippen LogP contribution is -2.33. The van der Waals surface area contributed by atoms with E-state index in [0.717, 1.165) is 71.0 Å². The van der Waals surface area contributed by atoms with Gasteiger partial charge in [0.25, 0.3) is 0 Å². The van der Waals surface area contributed by atoms with Crippen molar-refractivity contribution >= 4 is 11.7 Å². The summed E-state index contributed by atoms with van der Waals surface area (Å²) >= 11 is 0. The summed E-state index contributed by atoms with van der Waals surface area (Å²) in [4.78, 5) is 20.2. The first-order valence-corrected chi connectivity index (χ1v) is 14.2. The molecule has 0 radical (unpaired) electrons. The second-order valence-corrected chi connectivity index (χ2v) is 11.0. The number of nitrogens with zero attached hydrogens (tertiary/aromatic N) is 2. The molecule has 1 fully saturated rings. The molecule has 1 aromatic heterocycles. The van der Waals surface area contributed by atoms with Gasteiger partial charge in [-0.2, -0.15) is 0 Å². The second-order valence-electron chi connectivity index (χ2n) is 11.0. The number of allylic oxidation sites excluding steroid dienone is 1. The normalized spacial score (nSPS) is 13.5. The van der Waals surface area contributed by atoms with Gasteiger partial charge < -0.3 is 14.4 Å². The monoisotopic (exact) mass is 544 g/mol. The summed E-state index contributed by atoms with van der Waals surface area (Å²) < 4.78 is 24.7. The van der Waals surface area contributed by atoms with Gasteiger partial charge in [0.15, 0.2) is 0 Å². The third-order valence-electron chi connectivity index (χ3n) is 7.45. The average Bonchev–Trinajstić information content (AvgIpc) is 2.91. The molecule has 40 heavy (non-hydrogen) atoms. The Kier molecular flexibility index (Phi) is 9.62. The number of hydrogen-bond donors (Lipinski definition) is 0. The predicted molar refractivity (Wildman–Crippen MR) is 159 cm³/mol. The van der Waals surface area contributed by atoms with E-state index >= 15 is 0 Å². The first-order valence-electron chi connectivity index (χ1n) is 14.2. The molecular formula is C34H41FN2O3. The molecule has 0 saturated carbocycles. The van der Waals surface area contributed by atoms with Crippen LogP contribution < -0.4 is 9.64 Å². The molecule has 212 valence electrons. The topological polar surface area (TPSA) is 51.7 Å². The van der Waals surface area contributed by atoms with Crippen molar-refractivity contribution in [3.8, 4) is 16.9 Å². The minimum Gasteiger partial charge on any atom is -0.493 e.